The first kappa shape index (κ1) is 29.0. The van der Waals surface area contributed by atoms with Crippen molar-refractivity contribution in [2.24, 2.45) is 5.92 Å². The van der Waals surface area contributed by atoms with Gasteiger partial charge in [0.15, 0.2) is 12.1 Å². The predicted molar refractivity (Wildman–Crippen MR) is 120 cm³/mol. The lowest BCUT2D eigenvalue weighted by Gasteiger charge is -2.41. The summed E-state index contributed by atoms with van der Waals surface area (Å²) in [5, 5.41) is 71.6. The minimum atomic E-state index is -1.85. The second-order valence-electron chi connectivity index (χ2n) is 8.95. The summed E-state index contributed by atoms with van der Waals surface area (Å²) in [6.45, 7) is -1.14. The van der Waals surface area contributed by atoms with Gasteiger partial charge in [0, 0.05) is 11.6 Å². The number of likely N-dealkylation sites (N-methyl/N-ethyl adjacent to an activating group) is 1. The summed E-state index contributed by atoms with van der Waals surface area (Å²) in [7, 11) is 1.60. The van der Waals surface area contributed by atoms with Crippen LogP contribution in [0.25, 0.3) is 0 Å². The first-order valence-corrected chi connectivity index (χ1v) is 11.5. The number of aliphatic hydroxyl groups excluding tert-OH is 5. The Labute approximate surface area is 210 Å². The fraction of sp³-hybridized carbons (Fsp3) is 0.636. The number of hydrogen-bond donors (Lipinski definition) is 9. The normalized spacial score (nSPS) is 36.2. The van der Waals surface area contributed by atoms with Crippen LogP contribution >= 0.6 is 0 Å². The van der Waals surface area contributed by atoms with Crippen LogP contribution in [0.3, 0.4) is 0 Å². The van der Waals surface area contributed by atoms with E-state index in [1.54, 1.807) is 7.05 Å². The first-order valence-electron chi connectivity index (χ1n) is 11.5. The van der Waals surface area contributed by atoms with E-state index in [-0.39, 0.29) is 23.6 Å². The molecule has 37 heavy (non-hydrogen) atoms. The summed E-state index contributed by atoms with van der Waals surface area (Å²) in [6, 6.07) is 3.02. The average molecular weight is 534 g/mol. The standard InChI is InChI=1S/C22H32N2O13/c1-24-14-15(26)10(5-34-6-13-16(27)17(28)18(29)19(36-13)20(30)31)12(37-22(14)33)7-35-21(32)9-4-8(23)2-3-11(9)25/h2-4,10,12-19,22,24-29,33H,5-7,23H2,1H3,(H,30,31)/p+1/t10-,12?,13+,14?,15-,16?,17+,18+,19?,22-/m1/s1. The summed E-state index contributed by atoms with van der Waals surface area (Å²) in [5.41, 5.74) is 5.66. The quantitative estimate of drug-likeness (QED) is 0.0822. The number of ether oxygens (including phenoxy) is 4. The number of phenolic OH excluding ortho intramolecular Hbond substituents is 1. The second-order valence-corrected chi connectivity index (χ2v) is 8.95. The number of carbonyl (C=O) groups is 2. The van der Waals surface area contributed by atoms with Crippen LogP contribution in [-0.2, 0) is 23.7 Å². The molecule has 2 aliphatic rings. The number of aliphatic carboxylic acids is 1. The van der Waals surface area contributed by atoms with Gasteiger partial charge in [-0.2, -0.15) is 0 Å². The van der Waals surface area contributed by atoms with Gasteiger partial charge in [-0.3, -0.25) is 0 Å². The molecule has 15 nitrogen and oxygen atoms in total. The molecule has 208 valence electrons. The van der Waals surface area contributed by atoms with Crippen LogP contribution in [-0.4, -0.2) is 130 Å². The Morgan fingerprint density at radius 1 is 0.973 bits per heavy atom. The molecular weight excluding hydrogens is 500 g/mol. The molecule has 0 saturated carbocycles. The predicted octanol–water partition coefficient (Wildman–Crippen LogP) is -4.66. The van der Waals surface area contributed by atoms with E-state index in [0.29, 0.717) is 0 Å². The maximum Gasteiger partial charge on any atom is 0.342 e. The van der Waals surface area contributed by atoms with Gasteiger partial charge in [0.05, 0.1) is 20.3 Å². The molecule has 0 aliphatic carbocycles. The molecule has 3 rings (SSSR count). The largest absolute Gasteiger partial charge is 0.507 e. The lowest BCUT2D eigenvalue weighted by Crippen LogP contribution is -2.93. The number of esters is 1. The number of hydrogen-bond acceptors (Lipinski definition) is 13. The van der Waals surface area contributed by atoms with E-state index in [1.807, 2.05) is 0 Å². The molecule has 2 saturated heterocycles. The van der Waals surface area contributed by atoms with Gasteiger partial charge in [0.25, 0.3) is 0 Å². The number of carboxylic acid groups (broad SMARTS) is 1. The maximum absolute atomic E-state index is 12.5. The van der Waals surface area contributed by atoms with Gasteiger partial charge in [0.1, 0.15) is 54.5 Å². The second kappa shape index (κ2) is 12.3. The van der Waals surface area contributed by atoms with Crippen LogP contribution < -0.4 is 11.1 Å². The smallest absolute Gasteiger partial charge is 0.342 e. The highest BCUT2D eigenvalue weighted by atomic mass is 16.6. The van der Waals surface area contributed by atoms with E-state index in [2.05, 4.69) is 0 Å². The molecule has 11 N–H and O–H groups in total. The third-order valence-electron chi connectivity index (χ3n) is 6.51. The van der Waals surface area contributed by atoms with Gasteiger partial charge in [-0.15, -0.1) is 0 Å². The Hall–Kier alpha value is -2.60. The van der Waals surface area contributed by atoms with Crippen molar-refractivity contribution < 1.29 is 69.6 Å². The summed E-state index contributed by atoms with van der Waals surface area (Å²) in [6.07, 6.45) is -12.1. The number of phenols is 1. The molecule has 2 aliphatic heterocycles. The van der Waals surface area contributed by atoms with Gasteiger partial charge in [-0.05, 0) is 18.2 Å². The summed E-state index contributed by atoms with van der Waals surface area (Å²) < 4.78 is 21.5. The fourth-order valence-electron chi connectivity index (χ4n) is 4.34. The minimum absolute atomic E-state index is 0.193. The van der Waals surface area contributed by atoms with Crippen LogP contribution in [0.2, 0.25) is 0 Å². The SMILES string of the molecule is C[NH2+]C1[C@H](O)OC(COC(=O)c2cc(N)ccc2O)[C@@H](COC[C@@H]2OC(C(=O)O)[C@@H](O)[C@@H](O)C2O)[C@H]1O. The van der Waals surface area contributed by atoms with Crippen molar-refractivity contribution in [2.45, 2.75) is 55.1 Å². The zero-order valence-corrected chi connectivity index (χ0v) is 19.9. The Balaban J connectivity index is 1.66. The van der Waals surface area contributed by atoms with E-state index in [1.165, 1.54) is 23.5 Å². The van der Waals surface area contributed by atoms with E-state index >= 15 is 0 Å². The highest BCUT2D eigenvalue weighted by Gasteiger charge is 2.49. The Kier molecular flexibility index (Phi) is 9.63. The highest BCUT2D eigenvalue weighted by Crippen LogP contribution is 2.27. The van der Waals surface area contributed by atoms with Gasteiger partial charge in [-0.25, -0.2) is 9.59 Å². The fourth-order valence-corrected chi connectivity index (χ4v) is 4.34. The number of benzene rings is 1. The molecule has 0 spiro atoms. The summed E-state index contributed by atoms with van der Waals surface area (Å²) in [4.78, 5) is 23.7. The number of nitrogens with two attached hydrogens (primary N) is 2. The Morgan fingerprint density at radius 2 is 1.68 bits per heavy atom. The molecular formula is C22H33N2O13+. The van der Waals surface area contributed by atoms with Crippen molar-refractivity contribution in [3.63, 3.8) is 0 Å². The zero-order valence-electron chi connectivity index (χ0n) is 19.9. The van der Waals surface area contributed by atoms with Crippen molar-refractivity contribution in [3.05, 3.63) is 23.8 Å². The van der Waals surface area contributed by atoms with E-state index in [4.69, 9.17) is 29.8 Å². The van der Waals surface area contributed by atoms with Crippen molar-refractivity contribution in [3.8, 4) is 5.75 Å². The van der Waals surface area contributed by atoms with Crippen LogP contribution in [0.15, 0.2) is 18.2 Å². The third-order valence-corrected chi connectivity index (χ3v) is 6.51. The lowest BCUT2D eigenvalue weighted by atomic mass is 9.88. The molecule has 4 unspecified atom stereocenters. The van der Waals surface area contributed by atoms with Crippen molar-refractivity contribution in [2.75, 3.05) is 32.6 Å². The molecule has 2 heterocycles. The van der Waals surface area contributed by atoms with Gasteiger partial charge < -0.3 is 65.7 Å². The number of carbonyl (C=O) groups excluding carboxylic acids is 1. The number of aliphatic hydroxyl groups is 5. The highest BCUT2D eigenvalue weighted by molar-refractivity contribution is 5.93. The number of carboxylic acids is 1. The Morgan fingerprint density at radius 3 is 2.32 bits per heavy atom. The molecule has 0 bridgehead atoms. The van der Waals surface area contributed by atoms with E-state index in [9.17, 15) is 40.2 Å². The molecule has 0 amide bonds. The zero-order chi connectivity index (χ0) is 27.4. The van der Waals surface area contributed by atoms with Crippen molar-refractivity contribution >= 4 is 17.6 Å². The number of rotatable bonds is 9. The van der Waals surface area contributed by atoms with Crippen LogP contribution in [0, 0.1) is 5.92 Å². The average Bonchev–Trinajstić information content (AvgIpc) is 2.85. The topological polar surface area (TPSA) is 255 Å². The molecule has 15 heteroatoms. The van der Waals surface area contributed by atoms with E-state index < -0.39 is 86.1 Å². The van der Waals surface area contributed by atoms with Crippen molar-refractivity contribution in [1.29, 1.82) is 0 Å². The minimum Gasteiger partial charge on any atom is -0.507 e. The first-order chi connectivity index (χ1) is 17.5. The lowest BCUT2D eigenvalue weighted by molar-refractivity contribution is -0.694. The molecule has 1 aromatic carbocycles. The molecule has 0 radical (unpaired) electrons. The van der Waals surface area contributed by atoms with Gasteiger partial charge >= 0.3 is 11.9 Å². The van der Waals surface area contributed by atoms with Crippen LogP contribution in [0.5, 0.6) is 5.75 Å². The maximum atomic E-state index is 12.5. The Bertz CT molecular complexity index is 949. The summed E-state index contributed by atoms with van der Waals surface area (Å²) >= 11 is 0. The number of quaternary nitrogens is 1. The third kappa shape index (κ3) is 6.46. The van der Waals surface area contributed by atoms with E-state index in [0.717, 1.165) is 0 Å². The number of aromatic hydroxyl groups is 1. The molecule has 10 atom stereocenters. The van der Waals surface area contributed by atoms with Crippen LogP contribution in [0.1, 0.15) is 10.4 Å². The summed E-state index contributed by atoms with van der Waals surface area (Å²) in [5.74, 6) is -3.70. The number of anilines is 1. The van der Waals surface area contributed by atoms with Crippen LogP contribution in [0.4, 0.5) is 5.69 Å². The van der Waals surface area contributed by atoms with Gasteiger partial charge in [-0.1, -0.05) is 0 Å². The molecule has 1 aromatic rings. The molecule has 2 fully saturated rings. The molecule has 0 aromatic heterocycles. The van der Waals surface area contributed by atoms with Crippen molar-refractivity contribution in [1.82, 2.24) is 0 Å². The number of nitrogen functional groups attached to an aromatic ring is 1. The monoisotopic (exact) mass is 533 g/mol. The van der Waals surface area contributed by atoms with Gasteiger partial charge in [0.2, 0.25) is 6.29 Å².